The lowest BCUT2D eigenvalue weighted by Gasteiger charge is -2.26. The number of fused-ring (bicyclic) bond motifs is 1. The van der Waals surface area contributed by atoms with Gasteiger partial charge >= 0.3 is 6.09 Å². The zero-order valence-electron chi connectivity index (χ0n) is 24.4. The molecule has 0 saturated carbocycles. The third-order valence-corrected chi connectivity index (χ3v) is 8.96. The van der Waals surface area contributed by atoms with Gasteiger partial charge in [-0.2, -0.15) is 0 Å². The van der Waals surface area contributed by atoms with Crippen molar-refractivity contribution in [2.45, 2.75) is 44.2 Å². The molecule has 230 valence electrons. The largest absolute Gasteiger partial charge is 0.480 e. The number of carbonyl (C=O) groups excluding carboxylic acids is 3. The van der Waals surface area contributed by atoms with E-state index in [1.54, 1.807) is 18.3 Å². The van der Waals surface area contributed by atoms with Gasteiger partial charge in [0.25, 0.3) is 0 Å². The summed E-state index contributed by atoms with van der Waals surface area (Å²) in [6, 6.07) is 16.7. The molecule has 1 aliphatic carbocycles. The first-order valence-corrected chi connectivity index (χ1v) is 15.4. The van der Waals surface area contributed by atoms with Crippen molar-refractivity contribution < 1.29 is 23.9 Å². The number of pyridine rings is 2. The smallest absolute Gasteiger partial charge is 0.407 e. The molecule has 0 bridgehead atoms. The molecule has 9 nitrogen and oxygen atoms in total. The van der Waals surface area contributed by atoms with Crippen LogP contribution in [0.5, 0.6) is 5.88 Å². The van der Waals surface area contributed by atoms with E-state index >= 15 is 0 Å². The van der Waals surface area contributed by atoms with E-state index in [4.69, 9.17) is 32.7 Å². The van der Waals surface area contributed by atoms with Gasteiger partial charge in [0.2, 0.25) is 11.8 Å². The van der Waals surface area contributed by atoms with Crippen LogP contribution >= 0.6 is 23.2 Å². The first-order valence-electron chi connectivity index (χ1n) is 14.7. The van der Waals surface area contributed by atoms with Gasteiger partial charge in [-0.15, -0.1) is 0 Å². The van der Waals surface area contributed by atoms with E-state index in [0.717, 1.165) is 36.0 Å². The molecule has 2 aromatic carbocycles. The second kappa shape index (κ2) is 13.3. The summed E-state index contributed by atoms with van der Waals surface area (Å²) < 4.78 is 11.1. The number of carbonyl (C=O) groups is 3. The molecule has 0 radical (unpaired) electrons. The molecule has 0 spiro atoms. The molecule has 1 fully saturated rings. The number of aryl methyl sites for hydroxylation is 1. The zero-order chi connectivity index (χ0) is 31.5. The molecule has 1 saturated heterocycles. The fourth-order valence-corrected chi connectivity index (χ4v) is 6.54. The average Bonchev–Trinajstić information content (AvgIpc) is 3.48. The van der Waals surface area contributed by atoms with Crippen molar-refractivity contribution >= 4 is 41.5 Å². The topological polar surface area (TPSA) is 120 Å². The first kappa shape index (κ1) is 30.6. The van der Waals surface area contributed by atoms with E-state index < -0.39 is 6.09 Å². The van der Waals surface area contributed by atoms with Crippen LogP contribution in [-0.2, 0) is 16.0 Å². The van der Waals surface area contributed by atoms with Crippen molar-refractivity contribution in [1.29, 1.82) is 0 Å². The van der Waals surface area contributed by atoms with E-state index in [2.05, 4.69) is 26.7 Å². The predicted octanol–water partition coefficient (Wildman–Crippen LogP) is 6.99. The number of hydrogen-bond acceptors (Lipinski definition) is 7. The van der Waals surface area contributed by atoms with Crippen molar-refractivity contribution in [3.05, 3.63) is 87.5 Å². The van der Waals surface area contributed by atoms with Crippen LogP contribution in [0.3, 0.4) is 0 Å². The van der Waals surface area contributed by atoms with Crippen LogP contribution < -0.4 is 15.4 Å². The normalized spacial score (nSPS) is 17.3. The summed E-state index contributed by atoms with van der Waals surface area (Å²) in [5, 5.41) is 6.51. The van der Waals surface area contributed by atoms with Crippen LogP contribution in [0.15, 0.2) is 60.8 Å². The van der Waals surface area contributed by atoms with E-state index in [0.29, 0.717) is 69.4 Å². The number of halogens is 2. The minimum Gasteiger partial charge on any atom is -0.480 e. The number of aromatic nitrogens is 2. The molecular weight excluding hydrogens is 615 g/mol. The van der Waals surface area contributed by atoms with Crippen molar-refractivity contribution in [3.8, 4) is 39.5 Å². The number of rotatable bonds is 8. The summed E-state index contributed by atoms with van der Waals surface area (Å²) in [5.74, 6) is 0.220. The lowest BCUT2D eigenvalue weighted by Crippen LogP contribution is -2.39. The number of benzene rings is 2. The third kappa shape index (κ3) is 6.36. The highest BCUT2D eigenvalue weighted by atomic mass is 35.5. The number of ether oxygens (including phenoxy) is 2. The Labute approximate surface area is 270 Å². The van der Waals surface area contributed by atoms with E-state index in [1.165, 1.54) is 7.11 Å². The number of aldehydes is 1. The molecule has 4 aromatic rings. The number of alkyl carbamates (subject to hydrolysis) is 1. The monoisotopic (exact) mass is 644 g/mol. The minimum atomic E-state index is -0.497. The minimum absolute atomic E-state index is 0.00418. The highest BCUT2D eigenvalue weighted by molar-refractivity contribution is 6.39. The summed E-state index contributed by atoms with van der Waals surface area (Å²) in [6.45, 7) is 0.341. The molecule has 0 unspecified atom stereocenters. The Morgan fingerprint density at radius 1 is 1.04 bits per heavy atom. The summed E-state index contributed by atoms with van der Waals surface area (Å²) in [5.41, 5.74) is 6.45. The Hall–Kier alpha value is -4.47. The van der Waals surface area contributed by atoms with Gasteiger partial charge in [-0.05, 0) is 61.1 Å². The summed E-state index contributed by atoms with van der Waals surface area (Å²) >= 11 is 14.0. The van der Waals surface area contributed by atoms with Gasteiger partial charge in [-0.25, -0.2) is 9.78 Å². The standard InChI is InChI=1S/C34H30Cl2N4O5/c1-44-33-21(18-41)9-12-27(40-33)26-6-3-5-24(30(26)35)25-14-15-37-32(31(25)36)20-8-11-23-19(16-20)4-2-7-28(23)45-34(43)38-17-22-10-13-29(42)39-22/h3,5-6,8-9,11-12,14-16,18,22,28H,2,4,7,10,13,17H2,1H3,(H,38,43)(H,39,42)/t22-,28+/m0/s1. The molecule has 2 amide bonds. The molecule has 11 heteroatoms. The number of nitrogens with one attached hydrogen (secondary N) is 2. The van der Waals surface area contributed by atoms with Crippen molar-refractivity contribution in [1.82, 2.24) is 20.6 Å². The van der Waals surface area contributed by atoms with Crippen LogP contribution in [0, 0.1) is 0 Å². The fourth-order valence-electron chi connectivity index (χ4n) is 5.89. The fraction of sp³-hybridized carbons (Fsp3) is 0.265. The Bertz CT molecular complexity index is 1800. The quantitative estimate of drug-likeness (QED) is 0.198. The molecule has 3 heterocycles. The lowest BCUT2D eigenvalue weighted by atomic mass is 9.87. The second-order valence-electron chi connectivity index (χ2n) is 11.0. The SMILES string of the molecule is COc1nc(-c2cccc(-c3ccnc(-c4ccc5c(c4)CCC[C@H]5OC(=O)NC[C@@H]4CCC(=O)N4)c3Cl)c2Cl)ccc1C=O. The van der Waals surface area contributed by atoms with Gasteiger partial charge in [-0.3, -0.25) is 14.6 Å². The Morgan fingerprint density at radius 2 is 1.87 bits per heavy atom. The average molecular weight is 646 g/mol. The molecular formula is C34H30Cl2N4O5. The maximum atomic E-state index is 12.6. The van der Waals surface area contributed by atoms with Crippen molar-refractivity contribution in [2.24, 2.45) is 0 Å². The molecule has 6 rings (SSSR count). The maximum absolute atomic E-state index is 12.6. The summed E-state index contributed by atoms with van der Waals surface area (Å²) in [6.07, 6.45) is 5.12. The molecule has 2 atom stereocenters. The second-order valence-corrected chi connectivity index (χ2v) is 11.7. The summed E-state index contributed by atoms with van der Waals surface area (Å²) in [7, 11) is 1.46. The predicted molar refractivity (Wildman–Crippen MR) is 172 cm³/mol. The van der Waals surface area contributed by atoms with Crippen molar-refractivity contribution in [2.75, 3.05) is 13.7 Å². The number of hydrogen-bond donors (Lipinski definition) is 2. The molecule has 2 aromatic heterocycles. The van der Waals surface area contributed by atoms with Crippen LogP contribution in [0.4, 0.5) is 4.79 Å². The molecule has 2 N–H and O–H groups in total. The Morgan fingerprint density at radius 3 is 2.64 bits per heavy atom. The number of methoxy groups -OCH3 is 1. The maximum Gasteiger partial charge on any atom is 0.407 e. The van der Waals surface area contributed by atoms with Crippen LogP contribution in [-0.4, -0.2) is 48.0 Å². The molecule has 45 heavy (non-hydrogen) atoms. The van der Waals surface area contributed by atoms with Gasteiger partial charge in [0.05, 0.1) is 34.1 Å². The molecule has 2 aliphatic rings. The zero-order valence-corrected chi connectivity index (χ0v) is 26.0. The number of amides is 2. The van der Waals surface area contributed by atoms with Crippen LogP contribution in [0.2, 0.25) is 10.0 Å². The van der Waals surface area contributed by atoms with E-state index in [1.807, 2.05) is 36.4 Å². The van der Waals surface area contributed by atoms with Gasteiger partial charge in [0, 0.05) is 47.5 Å². The first-order chi connectivity index (χ1) is 21.9. The van der Waals surface area contributed by atoms with Gasteiger partial charge in [0.15, 0.2) is 6.29 Å². The van der Waals surface area contributed by atoms with Crippen molar-refractivity contribution in [3.63, 3.8) is 0 Å². The number of nitrogens with zero attached hydrogens (tertiary/aromatic N) is 2. The lowest BCUT2D eigenvalue weighted by molar-refractivity contribution is -0.119. The van der Waals surface area contributed by atoms with Crippen LogP contribution in [0.25, 0.3) is 33.6 Å². The van der Waals surface area contributed by atoms with Gasteiger partial charge in [0.1, 0.15) is 6.10 Å². The van der Waals surface area contributed by atoms with Gasteiger partial charge < -0.3 is 20.1 Å². The molecule has 1 aliphatic heterocycles. The van der Waals surface area contributed by atoms with Gasteiger partial charge in [-0.1, -0.05) is 53.5 Å². The Balaban J connectivity index is 1.25. The highest BCUT2D eigenvalue weighted by Crippen LogP contribution is 2.42. The third-order valence-electron chi connectivity index (χ3n) is 8.17. The van der Waals surface area contributed by atoms with E-state index in [-0.39, 0.29) is 23.9 Å². The summed E-state index contributed by atoms with van der Waals surface area (Å²) in [4.78, 5) is 44.4. The van der Waals surface area contributed by atoms with Crippen LogP contribution in [0.1, 0.15) is 53.3 Å². The highest BCUT2D eigenvalue weighted by Gasteiger charge is 2.26. The Kier molecular flexibility index (Phi) is 9.00. The van der Waals surface area contributed by atoms with E-state index in [9.17, 15) is 14.4 Å².